The minimum absolute atomic E-state index is 0.780. The monoisotopic (exact) mass is 371 g/mol. The number of nitrogens with zero attached hydrogens (tertiary/aromatic N) is 5. The lowest BCUT2D eigenvalue weighted by molar-refractivity contribution is 0.866. The smallest absolute Gasteiger partial charge is 0.0858 e. The van der Waals surface area contributed by atoms with Crippen LogP contribution in [0.2, 0.25) is 0 Å². The van der Waals surface area contributed by atoms with Crippen molar-refractivity contribution < 1.29 is 0 Å². The summed E-state index contributed by atoms with van der Waals surface area (Å²) >= 11 is 0. The lowest BCUT2D eigenvalue weighted by Crippen LogP contribution is -2.21. The van der Waals surface area contributed by atoms with Gasteiger partial charge in [-0.15, -0.1) is 0 Å². The normalized spacial score (nSPS) is 11.4. The number of rotatable bonds is 7. The minimum Gasteiger partial charge on any atom is -0.372 e. The van der Waals surface area contributed by atoms with Gasteiger partial charge in [-0.3, -0.25) is 0 Å². The topological polar surface area (TPSA) is 52.7 Å². The van der Waals surface area contributed by atoms with Crippen LogP contribution in [0.25, 0.3) is 0 Å². The molecule has 3 aromatic carbocycles. The summed E-state index contributed by atoms with van der Waals surface area (Å²) in [6, 6.07) is 23.6. The van der Waals surface area contributed by atoms with Crippen molar-refractivity contribution in [2.45, 2.75) is 20.8 Å². The number of hydrogen-bond donors (Lipinski definition) is 0. The fourth-order valence-electron chi connectivity index (χ4n) is 2.75. The number of anilines is 1. The summed E-state index contributed by atoms with van der Waals surface area (Å²) in [5, 5.41) is 17.1. The molecule has 0 heterocycles. The van der Waals surface area contributed by atoms with Crippen molar-refractivity contribution in [2.24, 2.45) is 20.5 Å². The number of benzene rings is 3. The fourth-order valence-corrected chi connectivity index (χ4v) is 2.75. The van der Waals surface area contributed by atoms with Crippen LogP contribution in [0.1, 0.15) is 19.4 Å². The molecule has 142 valence electrons. The van der Waals surface area contributed by atoms with Crippen LogP contribution in [0.3, 0.4) is 0 Å². The van der Waals surface area contributed by atoms with Crippen molar-refractivity contribution in [1.29, 1.82) is 0 Å². The molecule has 0 bridgehead atoms. The molecule has 0 saturated carbocycles. The van der Waals surface area contributed by atoms with Gasteiger partial charge in [0.1, 0.15) is 0 Å². The summed E-state index contributed by atoms with van der Waals surface area (Å²) in [6.45, 7) is 8.34. The minimum atomic E-state index is 0.780. The molecule has 5 nitrogen and oxygen atoms in total. The molecule has 0 N–H and O–H groups in total. The maximum absolute atomic E-state index is 4.31. The highest BCUT2D eigenvalue weighted by Crippen LogP contribution is 2.25. The molecule has 0 spiro atoms. The molecule has 0 fully saturated rings. The van der Waals surface area contributed by atoms with Crippen LogP contribution in [0.4, 0.5) is 28.4 Å². The Hall–Kier alpha value is -3.34. The summed E-state index contributed by atoms with van der Waals surface area (Å²) in [4.78, 5) is 2.30. The van der Waals surface area contributed by atoms with E-state index < -0.39 is 0 Å². The maximum Gasteiger partial charge on any atom is 0.0858 e. The average molecular weight is 371 g/mol. The van der Waals surface area contributed by atoms with Crippen molar-refractivity contribution in [1.82, 2.24) is 0 Å². The van der Waals surface area contributed by atoms with Crippen LogP contribution in [0.15, 0.2) is 93.3 Å². The van der Waals surface area contributed by atoms with Gasteiger partial charge in [-0.25, -0.2) is 0 Å². The van der Waals surface area contributed by atoms with E-state index in [9.17, 15) is 0 Å². The third kappa shape index (κ3) is 5.33. The van der Waals surface area contributed by atoms with E-state index in [-0.39, 0.29) is 0 Å². The summed E-state index contributed by atoms with van der Waals surface area (Å²) in [7, 11) is 0. The Balaban J connectivity index is 1.62. The molecule has 0 aromatic heterocycles. The SMILES string of the molecule is CCN(CC)c1ccc(/N=N/c2ccc(/N=N/c3ccc(C)cc3)cc2)cc1. The van der Waals surface area contributed by atoms with E-state index in [0.29, 0.717) is 0 Å². The maximum atomic E-state index is 4.31. The predicted molar refractivity (Wildman–Crippen MR) is 116 cm³/mol. The van der Waals surface area contributed by atoms with Gasteiger partial charge in [0.25, 0.3) is 0 Å². The summed E-state index contributed by atoms with van der Waals surface area (Å²) in [6.07, 6.45) is 0. The van der Waals surface area contributed by atoms with Crippen LogP contribution in [0, 0.1) is 6.92 Å². The second kappa shape index (κ2) is 9.55. The first kappa shape index (κ1) is 19.4. The van der Waals surface area contributed by atoms with Crippen LogP contribution < -0.4 is 4.90 Å². The van der Waals surface area contributed by atoms with Crippen LogP contribution in [-0.2, 0) is 0 Å². The first-order valence-corrected chi connectivity index (χ1v) is 9.53. The first-order valence-electron chi connectivity index (χ1n) is 9.53. The molecule has 0 aliphatic rings. The van der Waals surface area contributed by atoms with Crippen molar-refractivity contribution in [2.75, 3.05) is 18.0 Å². The van der Waals surface area contributed by atoms with Crippen molar-refractivity contribution in [3.8, 4) is 0 Å². The second-order valence-corrected chi connectivity index (χ2v) is 6.44. The third-order valence-corrected chi connectivity index (χ3v) is 4.42. The Kier molecular flexibility index (Phi) is 6.63. The van der Waals surface area contributed by atoms with Gasteiger partial charge in [-0.1, -0.05) is 17.7 Å². The fraction of sp³-hybridized carbons (Fsp3) is 0.217. The van der Waals surface area contributed by atoms with E-state index in [1.807, 2.05) is 67.6 Å². The Bertz CT molecular complexity index is 922. The lowest BCUT2D eigenvalue weighted by Gasteiger charge is -2.20. The highest BCUT2D eigenvalue weighted by atomic mass is 15.1. The molecule has 0 amide bonds. The Morgan fingerprint density at radius 2 is 0.857 bits per heavy atom. The van der Waals surface area contributed by atoms with Crippen molar-refractivity contribution in [3.63, 3.8) is 0 Å². The van der Waals surface area contributed by atoms with Crippen LogP contribution in [-0.4, -0.2) is 13.1 Å². The third-order valence-electron chi connectivity index (χ3n) is 4.42. The van der Waals surface area contributed by atoms with E-state index in [0.717, 1.165) is 35.8 Å². The molecule has 3 rings (SSSR count). The van der Waals surface area contributed by atoms with Gasteiger partial charge in [-0.05, 0) is 81.4 Å². The highest BCUT2D eigenvalue weighted by Gasteiger charge is 2.01. The quantitative estimate of drug-likeness (QED) is 0.393. The molecule has 0 unspecified atom stereocenters. The van der Waals surface area contributed by atoms with Crippen LogP contribution in [0.5, 0.6) is 0 Å². The summed E-state index contributed by atoms with van der Waals surface area (Å²) in [5.41, 5.74) is 5.63. The van der Waals surface area contributed by atoms with Gasteiger partial charge >= 0.3 is 0 Å². The van der Waals surface area contributed by atoms with Crippen molar-refractivity contribution >= 4 is 28.4 Å². The van der Waals surface area contributed by atoms with Crippen LogP contribution >= 0.6 is 0 Å². The Morgan fingerprint density at radius 1 is 0.536 bits per heavy atom. The molecule has 3 aromatic rings. The molecule has 0 saturated heterocycles. The van der Waals surface area contributed by atoms with E-state index in [4.69, 9.17) is 0 Å². The molecule has 0 aliphatic heterocycles. The zero-order chi connectivity index (χ0) is 19.8. The predicted octanol–water partition coefficient (Wildman–Crippen LogP) is 7.67. The van der Waals surface area contributed by atoms with E-state index in [1.165, 1.54) is 11.3 Å². The number of hydrogen-bond acceptors (Lipinski definition) is 5. The Labute approximate surface area is 166 Å². The molecule has 5 heteroatoms. The highest BCUT2D eigenvalue weighted by molar-refractivity contribution is 5.53. The number of azo groups is 2. The van der Waals surface area contributed by atoms with E-state index >= 15 is 0 Å². The summed E-state index contributed by atoms with van der Waals surface area (Å²) in [5.74, 6) is 0. The molecule has 0 atom stereocenters. The zero-order valence-corrected chi connectivity index (χ0v) is 16.6. The van der Waals surface area contributed by atoms with Gasteiger partial charge in [0.2, 0.25) is 0 Å². The number of aryl methyl sites for hydroxylation is 1. The average Bonchev–Trinajstić information content (AvgIpc) is 2.74. The summed E-state index contributed by atoms with van der Waals surface area (Å²) < 4.78 is 0. The molecular formula is C23H25N5. The molecule has 28 heavy (non-hydrogen) atoms. The van der Waals surface area contributed by atoms with Gasteiger partial charge in [-0.2, -0.15) is 20.5 Å². The lowest BCUT2D eigenvalue weighted by atomic mass is 10.2. The van der Waals surface area contributed by atoms with Gasteiger partial charge in [0.05, 0.1) is 22.7 Å². The molecule has 0 aliphatic carbocycles. The first-order chi connectivity index (χ1) is 13.7. The zero-order valence-electron chi connectivity index (χ0n) is 16.6. The standard InChI is InChI=1S/C23H25N5/c1-4-28(5-2)23-16-14-22(15-17-23)27-26-21-12-10-20(11-13-21)25-24-19-8-6-18(3)7-9-19/h6-17H,4-5H2,1-3H3/b25-24+,27-26+. The Morgan fingerprint density at radius 3 is 1.21 bits per heavy atom. The van der Waals surface area contributed by atoms with Gasteiger partial charge in [0, 0.05) is 18.8 Å². The second-order valence-electron chi connectivity index (χ2n) is 6.44. The van der Waals surface area contributed by atoms with Gasteiger partial charge < -0.3 is 4.90 Å². The van der Waals surface area contributed by atoms with E-state index in [1.54, 1.807) is 0 Å². The largest absolute Gasteiger partial charge is 0.372 e. The van der Waals surface area contributed by atoms with Gasteiger partial charge in [0.15, 0.2) is 0 Å². The van der Waals surface area contributed by atoms with E-state index in [2.05, 4.69) is 51.3 Å². The van der Waals surface area contributed by atoms with Crippen molar-refractivity contribution in [3.05, 3.63) is 78.4 Å². The molecular weight excluding hydrogens is 346 g/mol. The molecule has 0 radical (unpaired) electrons.